The molecule has 19 heavy (non-hydrogen) atoms. The molecule has 0 radical (unpaired) electrons. The average Bonchev–Trinajstić information content (AvgIpc) is 2.81. The van der Waals surface area contributed by atoms with E-state index in [1.807, 2.05) is 31.4 Å². The SMILES string of the molecule is CNC1CC(C)(C)Cc2nc(-c3ccccn3)sc21. The fourth-order valence-electron chi connectivity index (χ4n) is 2.77. The summed E-state index contributed by atoms with van der Waals surface area (Å²) in [7, 11) is 2.04. The van der Waals surface area contributed by atoms with Crippen LogP contribution in [0.2, 0.25) is 0 Å². The summed E-state index contributed by atoms with van der Waals surface area (Å²) in [5.74, 6) is 0. The van der Waals surface area contributed by atoms with Gasteiger partial charge < -0.3 is 5.32 Å². The van der Waals surface area contributed by atoms with E-state index < -0.39 is 0 Å². The summed E-state index contributed by atoms with van der Waals surface area (Å²) in [6.07, 6.45) is 4.05. The summed E-state index contributed by atoms with van der Waals surface area (Å²) >= 11 is 1.79. The lowest BCUT2D eigenvalue weighted by Crippen LogP contribution is -2.30. The van der Waals surface area contributed by atoms with Crippen molar-refractivity contribution in [1.29, 1.82) is 0 Å². The van der Waals surface area contributed by atoms with Gasteiger partial charge in [-0.2, -0.15) is 0 Å². The lowest BCUT2D eigenvalue weighted by atomic mass is 9.76. The number of rotatable bonds is 2. The third-order valence-corrected chi connectivity index (χ3v) is 4.91. The van der Waals surface area contributed by atoms with E-state index in [9.17, 15) is 0 Å². The quantitative estimate of drug-likeness (QED) is 0.911. The molecule has 1 N–H and O–H groups in total. The summed E-state index contributed by atoms with van der Waals surface area (Å²) in [6, 6.07) is 6.41. The number of nitrogens with one attached hydrogen (secondary N) is 1. The second kappa shape index (κ2) is 4.69. The zero-order valence-electron chi connectivity index (χ0n) is 11.6. The molecule has 0 bridgehead atoms. The number of hydrogen-bond acceptors (Lipinski definition) is 4. The van der Waals surface area contributed by atoms with Crippen LogP contribution in [-0.4, -0.2) is 17.0 Å². The lowest BCUT2D eigenvalue weighted by Gasteiger charge is -2.34. The molecule has 1 aliphatic carbocycles. The second-order valence-electron chi connectivity index (χ2n) is 5.93. The molecule has 4 heteroatoms. The van der Waals surface area contributed by atoms with Crippen molar-refractivity contribution in [3.63, 3.8) is 0 Å². The van der Waals surface area contributed by atoms with Gasteiger partial charge in [-0.15, -0.1) is 11.3 Å². The summed E-state index contributed by atoms with van der Waals surface area (Å²) in [5, 5.41) is 4.48. The Morgan fingerprint density at radius 3 is 2.89 bits per heavy atom. The van der Waals surface area contributed by atoms with Crippen LogP contribution >= 0.6 is 11.3 Å². The molecule has 0 saturated heterocycles. The molecular formula is C15H19N3S. The fraction of sp³-hybridized carbons (Fsp3) is 0.467. The predicted octanol–water partition coefficient (Wildman–Crippen LogP) is 3.44. The maximum Gasteiger partial charge on any atom is 0.142 e. The highest BCUT2D eigenvalue weighted by Crippen LogP contribution is 2.44. The molecule has 2 heterocycles. The minimum Gasteiger partial charge on any atom is -0.312 e. The van der Waals surface area contributed by atoms with Crippen LogP contribution in [0.15, 0.2) is 24.4 Å². The molecule has 1 aliphatic rings. The minimum atomic E-state index is 0.316. The highest BCUT2D eigenvalue weighted by Gasteiger charge is 2.34. The molecule has 0 saturated carbocycles. The third-order valence-electron chi connectivity index (χ3n) is 3.68. The largest absolute Gasteiger partial charge is 0.312 e. The Morgan fingerprint density at radius 1 is 1.37 bits per heavy atom. The van der Waals surface area contributed by atoms with Crippen LogP contribution in [0.4, 0.5) is 0 Å². The normalized spacial score (nSPS) is 21.1. The Bertz CT molecular complexity index is 574. The summed E-state index contributed by atoms with van der Waals surface area (Å²) in [6.45, 7) is 4.64. The van der Waals surface area contributed by atoms with Crippen molar-refractivity contribution in [2.24, 2.45) is 5.41 Å². The Hall–Kier alpha value is -1.26. The van der Waals surface area contributed by atoms with E-state index >= 15 is 0 Å². The first-order valence-corrected chi connectivity index (χ1v) is 7.49. The van der Waals surface area contributed by atoms with Gasteiger partial charge in [0.2, 0.25) is 0 Å². The van der Waals surface area contributed by atoms with Gasteiger partial charge in [0.25, 0.3) is 0 Å². The Balaban J connectivity index is 2.03. The number of pyridine rings is 1. The van der Waals surface area contributed by atoms with Crippen molar-refractivity contribution in [3.8, 4) is 10.7 Å². The molecule has 1 unspecified atom stereocenters. The van der Waals surface area contributed by atoms with Crippen LogP contribution in [-0.2, 0) is 6.42 Å². The molecule has 1 atom stereocenters. The van der Waals surface area contributed by atoms with Gasteiger partial charge in [0.1, 0.15) is 5.01 Å². The Morgan fingerprint density at radius 2 is 2.21 bits per heavy atom. The van der Waals surface area contributed by atoms with Crippen molar-refractivity contribution >= 4 is 11.3 Å². The minimum absolute atomic E-state index is 0.316. The maximum atomic E-state index is 4.83. The van der Waals surface area contributed by atoms with Gasteiger partial charge in [-0.25, -0.2) is 4.98 Å². The van der Waals surface area contributed by atoms with E-state index in [4.69, 9.17) is 4.98 Å². The summed E-state index contributed by atoms with van der Waals surface area (Å²) in [5.41, 5.74) is 2.55. The highest BCUT2D eigenvalue weighted by atomic mass is 32.1. The number of hydrogen-bond donors (Lipinski definition) is 1. The van der Waals surface area contributed by atoms with Crippen molar-refractivity contribution < 1.29 is 0 Å². The highest BCUT2D eigenvalue weighted by molar-refractivity contribution is 7.15. The standard InChI is InChI=1S/C15H19N3S/c1-15(2)8-11(16-3)13-12(9-15)18-14(19-13)10-6-4-5-7-17-10/h4-7,11,16H,8-9H2,1-3H3. The Labute approximate surface area is 118 Å². The van der Waals surface area contributed by atoms with Gasteiger partial charge in [0.15, 0.2) is 0 Å². The molecule has 0 aliphatic heterocycles. The third kappa shape index (κ3) is 2.42. The van der Waals surface area contributed by atoms with Crippen molar-refractivity contribution in [2.75, 3.05) is 7.05 Å². The van der Waals surface area contributed by atoms with Crippen LogP contribution in [0.3, 0.4) is 0 Å². The molecule has 0 amide bonds. The molecule has 2 aromatic rings. The van der Waals surface area contributed by atoms with E-state index in [-0.39, 0.29) is 0 Å². The molecule has 0 spiro atoms. The average molecular weight is 273 g/mol. The maximum absolute atomic E-state index is 4.83. The number of thiazole rings is 1. The van der Waals surface area contributed by atoms with E-state index in [0.717, 1.165) is 17.1 Å². The molecule has 100 valence electrons. The number of nitrogens with zero attached hydrogens (tertiary/aromatic N) is 2. The Kier molecular flexibility index (Phi) is 3.15. The van der Waals surface area contributed by atoms with Crippen LogP contribution in [0, 0.1) is 5.41 Å². The topological polar surface area (TPSA) is 37.8 Å². The smallest absolute Gasteiger partial charge is 0.142 e. The molecule has 3 nitrogen and oxygen atoms in total. The molecule has 0 fully saturated rings. The van der Waals surface area contributed by atoms with E-state index in [2.05, 4.69) is 24.1 Å². The van der Waals surface area contributed by atoms with Gasteiger partial charge >= 0.3 is 0 Å². The first-order valence-electron chi connectivity index (χ1n) is 6.67. The zero-order valence-corrected chi connectivity index (χ0v) is 12.4. The molecular weight excluding hydrogens is 254 g/mol. The van der Waals surface area contributed by atoms with Crippen LogP contribution in [0.1, 0.15) is 36.9 Å². The first-order chi connectivity index (χ1) is 9.09. The van der Waals surface area contributed by atoms with Gasteiger partial charge in [-0.3, -0.25) is 4.98 Å². The zero-order chi connectivity index (χ0) is 13.5. The summed E-state index contributed by atoms with van der Waals surface area (Å²) < 4.78 is 0. The number of fused-ring (bicyclic) bond motifs is 1. The van der Waals surface area contributed by atoms with Gasteiger partial charge in [-0.1, -0.05) is 19.9 Å². The molecule has 3 rings (SSSR count). The van der Waals surface area contributed by atoms with Gasteiger partial charge in [0.05, 0.1) is 11.4 Å². The van der Waals surface area contributed by atoms with Gasteiger partial charge in [-0.05, 0) is 37.4 Å². The second-order valence-corrected chi connectivity index (χ2v) is 6.96. The van der Waals surface area contributed by atoms with Crippen LogP contribution in [0.25, 0.3) is 10.7 Å². The van der Waals surface area contributed by atoms with Crippen molar-refractivity contribution in [2.45, 2.75) is 32.7 Å². The van der Waals surface area contributed by atoms with E-state index in [1.54, 1.807) is 11.3 Å². The lowest BCUT2D eigenvalue weighted by molar-refractivity contribution is 0.265. The fourth-order valence-corrected chi connectivity index (χ4v) is 3.93. The number of aromatic nitrogens is 2. The van der Waals surface area contributed by atoms with Crippen molar-refractivity contribution in [1.82, 2.24) is 15.3 Å². The van der Waals surface area contributed by atoms with E-state index in [1.165, 1.54) is 17.0 Å². The van der Waals surface area contributed by atoms with Crippen LogP contribution in [0.5, 0.6) is 0 Å². The first kappa shape index (κ1) is 12.8. The van der Waals surface area contributed by atoms with Crippen LogP contribution < -0.4 is 5.32 Å². The molecule has 2 aromatic heterocycles. The summed E-state index contributed by atoms with van der Waals surface area (Å²) in [4.78, 5) is 10.6. The van der Waals surface area contributed by atoms with Gasteiger partial charge in [0, 0.05) is 17.1 Å². The monoisotopic (exact) mass is 273 g/mol. The predicted molar refractivity (Wildman–Crippen MR) is 79.2 cm³/mol. The van der Waals surface area contributed by atoms with Crippen molar-refractivity contribution in [3.05, 3.63) is 35.0 Å². The molecule has 0 aromatic carbocycles. The van der Waals surface area contributed by atoms with E-state index in [0.29, 0.717) is 11.5 Å².